The molecule has 1 heteroatoms. The molecule has 0 heterocycles. The number of unbranched alkanes of at least 4 members (excludes halogenated alkanes) is 1. The first-order chi connectivity index (χ1) is 2.91. The van der Waals surface area contributed by atoms with Crippen LogP contribution in [0.1, 0.15) is 29.5 Å². The van der Waals surface area contributed by atoms with Gasteiger partial charge in [-0.15, -0.1) is 0 Å². The van der Waals surface area contributed by atoms with Gasteiger partial charge in [0.2, 0.25) is 0 Å². The quantitative estimate of drug-likeness (QED) is 0.378. The summed E-state index contributed by atoms with van der Waals surface area (Å²) >= 11 is 0. The molecule has 0 nitrogen and oxygen atoms in total. The van der Waals surface area contributed by atoms with Crippen LogP contribution >= 0.6 is 0 Å². The Labute approximate surface area is 65.1 Å². The third kappa shape index (κ3) is 10.7. The second kappa shape index (κ2) is 9.71. The summed E-state index contributed by atoms with van der Waals surface area (Å²) in [4.78, 5) is 0. The van der Waals surface area contributed by atoms with E-state index in [9.17, 15) is 0 Å². The number of hydrogen-bond donors (Lipinski definition) is 0. The fraction of sp³-hybridized carbons (Fsp3) is 0.667. The molecule has 0 amide bonds. The van der Waals surface area contributed by atoms with Crippen LogP contribution in [0.2, 0.25) is 0 Å². The minimum Gasteiger partial charge on any atom is -1.00 e. The molecule has 0 saturated carbocycles. The van der Waals surface area contributed by atoms with Crippen LogP contribution in [0.4, 0.5) is 0 Å². The second-order valence-corrected chi connectivity index (χ2v) is 1.36. The molecule has 0 N–H and O–H groups in total. The summed E-state index contributed by atoms with van der Waals surface area (Å²) in [5.41, 5.74) is 0. The average Bonchev–Trinajstić information content (AvgIpc) is 1.61. The molecule has 0 rings (SSSR count). The van der Waals surface area contributed by atoms with E-state index < -0.39 is 0 Å². The van der Waals surface area contributed by atoms with Gasteiger partial charge in [0.1, 0.15) is 0 Å². The van der Waals surface area contributed by atoms with E-state index in [0.29, 0.717) is 0 Å². The van der Waals surface area contributed by atoms with Gasteiger partial charge >= 0.3 is 23.1 Å². The maximum absolute atomic E-state index is 2.18. The molecule has 0 bridgehead atoms. The van der Waals surface area contributed by atoms with E-state index >= 15 is 0 Å². The van der Waals surface area contributed by atoms with Crippen molar-refractivity contribution in [1.29, 1.82) is 0 Å². The smallest absolute Gasteiger partial charge is 1.00 e. The van der Waals surface area contributed by atoms with Crippen LogP contribution in [-0.2, 0) is 0 Å². The van der Waals surface area contributed by atoms with E-state index in [1.165, 1.54) is 12.8 Å². The molecule has 40 valence electrons. The molecule has 0 atom stereocenters. The monoisotopic (exact) mass is 110 g/mol. The molecule has 0 aliphatic rings. The maximum Gasteiger partial charge on any atom is 2.00 e. The molecule has 0 aromatic carbocycles. The van der Waals surface area contributed by atoms with Gasteiger partial charge in [-0.1, -0.05) is 25.5 Å². The molecule has 0 fully saturated rings. The number of hydrogen-bond acceptors (Lipinski definition) is 0. The molecular weight excluding hydrogens is 96.4 g/mol. The maximum atomic E-state index is 2.18. The predicted molar refractivity (Wildman–Crippen MR) is 37.7 cm³/mol. The van der Waals surface area contributed by atoms with Gasteiger partial charge in [-0.3, -0.25) is 0 Å². The zero-order valence-corrected chi connectivity index (χ0v) is 6.69. The summed E-state index contributed by atoms with van der Waals surface area (Å²) in [6.45, 7) is 4.23. The zero-order valence-electron chi connectivity index (χ0n) is 7.28. The Morgan fingerprint density at radius 1 is 1.57 bits per heavy atom. The topological polar surface area (TPSA) is 0 Å². The summed E-state index contributed by atoms with van der Waals surface area (Å²) in [6.07, 6.45) is 6.77. The van der Waals surface area contributed by atoms with Crippen LogP contribution in [0.3, 0.4) is 0 Å². The fourth-order valence-corrected chi connectivity index (χ4v) is 0.333. The summed E-state index contributed by atoms with van der Waals surface area (Å²) < 4.78 is 0. The van der Waals surface area contributed by atoms with Crippen molar-refractivity contribution in [3.05, 3.63) is 12.2 Å². The van der Waals surface area contributed by atoms with Gasteiger partial charge in [0, 0.05) is 0 Å². The van der Waals surface area contributed by atoms with E-state index in [-0.39, 0.29) is 25.9 Å². The summed E-state index contributed by atoms with van der Waals surface area (Å²) in [6, 6.07) is 0. The van der Waals surface area contributed by atoms with Crippen molar-refractivity contribution in [3.63, 3.8) is 0 Å². The van der Waals surface area contributed by atoms with Gasteiger partial charge in [0.05, 0.1) is 0 Å². The van der Waals surface area contributed by atoms with Crippen LogP contribution in [0.5, 0.6) is 0 Å². The van der Waals surface area contributed by atoms with E-state index in [1.807, 2.05) is 0 Å². The summed E-state index contributed by atoms with van der Waals surface area (Å²) in [5, 5.41) is 0. The molecule has 7 heavy (non-hydrogen) atoms. The third-order valence-electron chi connectivity index (χ3n) is 0.691. The first-order valence-corrected chi connectivity index (χ1v) is 2.53. The van der Waals surface area contributed by atoms with E-state index in [1.54, 1.807) is 0 Å². The van der Waals surface area contributed by atoms with Crippen molar-refractivity contribution >= 4 is 23.1 Å². The Morgan fingerprint density at radius 3 is 2.29 bits per heavy atom. The molecule has 0 aromatic heterocycles. The van der Waals surface area contributed by atoms with Crippen molar-refractivity contribution in [2.24, 2.45) is 0 Å². The Hall–Kier alpha value is 0.506. The van der Waals surface area contributed by atoms with Gasteiger partial charge in [-0.05, 0) is 13.3 Å². The fourth-order valence-electron chi connectivity index (χ4n) is 0.333. The molecule has 0 aliphatic heterocycles. The van der Waals surface area contributed by atoms with Crippen LogP contribution in [0.25, 0.3) is 0 Å². The molecular formula is C6H14Mg. The summed E-state index contributed by atoms with van der Waals surface area (Å²) in [7, 11) is 0. The van der Waals surface area contributed by atoms with Crippen LogP contribution in [0.15, 0.2) is 12.2 Å². The minimum absolute atomic E-state index is 0. The summed E-state index contributed by atoms with van der Waals surface area (Å²) in [5.74, 6) is 0. The SMILES string of the molecule is C/C=C/CCC.[H-].[H-].[Mg+2]. The van der Waals surface area contributed by atoms with Crippen molar-refractivity contribution in [2.45, 2.75) is 26.7 Å². The van der Waals surface area contributed by atoms with Gasteiger partial charge in [-0.25, -0.2) is 0 Å². The number of allylic oxidation sites excluding steroid dienone is 2. The van der Waals surface area contributed by atoms with E-state index in [2.05, 4.69) is 26.0 Å². The van der Waals surface area contributed by atoms with Crippen molar-refractivity contribution in [3.8, 4) is 0 Å². The molecule has 0 aromatic rings. The van der Waals surface area contributed by atoms with E-state index in [0.717, 1.165) is 0 Å². The van der Waals surface area contributed by atoms with Crippen molar-refractivity contribution in [1.82, 2.24) is 0 Å². The zero-order chi connectivity index (χ0) is 4.83. The average molecular weight is 110 g/mol. The first kappa shape index (κ1) is 10.5. The second-order valence-electron chi connectivity index (χ2n) is 1.36. The van der Waals surface area contributed by atoms with Gasteiger partial charge < -0.3 is 2.85 Å². The predicted octanol–water partition coefficient (Wildman–Crippen LogP) is 2.21. The van der Waals surface area contributed by atoms with Crippen LogP contribution in [-0.4, -0.2) is 23.1 Å². The van der Waals surface area contributed by atoms with Gasteiger partial charge in [-0.2, -0.15) is 0 Å². The number of rotatable bonds is 2. The first-order valence-electron chi connectivity index (χ1n) is 2.53. The molecule has 0 spiro atoms. The molecule has 0 unspecified atom stereocenters. The standard InChI is InChI=1S/C6H12.Mg.2H/c1-3-5-6-4-2;;;/h3,5H,4,6H2,1-2H3;;;/q;+2;2*-1/b5-3+;;;. The minimum atomic E-state index is 0. The Morgan fingerprint density at radius 2 is 2.14 bits per heavy atom. The Balaban J connectivity index is -0.0000000417. The van der Waals surface area contributed by atoms with Gasteiger partial charge in [0.15, 0.2) is 0 Å². The molecule has 0 saturated heterocycles. The van der Waals surface area contributed by atoms with Gasteiger partial charge in [0.25, 0.3) is 0 Å². The van der Waals surface area contributed by atoms with Crippen molar-refractivity contribution in [2.75, 3.05) is 0 Å². The Kier molecular flexibility index (Phi) is 14.5. The normalized spacial score (nSPS) is 8.86. The third-order valence-corrected chi connectivity index (χ3v) is 0.691. The Bertz CT molecular complexity index is 46.3. The molecule has 0 aliphatic carbocycles. The largest absolute Gasteiger partial charge is 2.00 e. The van der Waals surface area contributed by atoms with Crippen LogP contribution in [0, 0.1) is 0 Å². The molecule has 0 radical (unpaired) electrons. The van der Waals surface area contributed by atoms with Crippen LogP contribution < -0.4 is 0 Å². The van der Waals surface area contributed by atoms with Crippen molar-refractivity contribution < 1.29 is 2.85 Å². The van der Waals surface area contributed by atoms with E-state index in [4.69, 9.17) is 0 Å².